The lowest BCUT2D eigenvalue weighted by atomic mass is 10.2. The van der Waals surface area contributed by atoms with Crippen LogP contribution in [0.15, 0.2) is 40.2 Å². The standard InChI is InChI=1S/C19H20N6O6/c1-23-10-21-16-15(23)18(29)25(19(30)24(16)2)9-13(26)22-12-6-4-5-11(7-12)17(28)20-8-14(27)31-3/h4-7,10H,8-9H2,1-3H3,(H,20,28)(H,22,26). The minimum Gasteiger partial charge on any atom is -0.468 e. The zero-order chi connectivity index (χ0) is 22.7. The second-order valence-electron chi connectivity index (χ2n) is 6.65. The Kier molecular flexibility index (Phi) is 6.00. The van der Waals surface area contributed by atoms with Gasteiger partial charge in [0.05, 0.1) is 13.4 Å². The molecule has 0 aliphatic heterocycles. The van der Waals surface area contributed by atoms with Crippen molar-refractivity contribution in [1.29, 1.82) is 0 Å². The molecule has 0 fully saturated rings. The molecule has 2 heterocycles. The van der Waals surface area contributed by atoms with Crippen LogP contribution in [0.1, 0.15) is 10.4 Å². The van der Waals surface area contributed by atoms with Crippen LogP contribution in [0.25, 0.3) is 11.2 Å². The molecule has 0 saturated heterocycles. The summed E-state index contributed by atoms with van der Waals surface area (Å²) in [4.78, 5) is 65.0. The Balaban J connectivity index is 1.78. The number of ether oxygens (including phenoxy) is 1. The summed E-state index contributed by atoms with van der Waals surface area (Å²) < 4.78 is 7.93. The summed E-state index contributed by atoms with van der Waals surface area (Å²) in [6.45, 7) is -0.819. The van der Waals surface area contributed by atoms with E-state index in [0.717, 1.165) is 4.57 Å². The molecule has 0 aliphatic rings. The third kappa shape index (κ3) is 4.37. The number of nitrogens with zero attached hydrogens (tertiary/aromatic N) is 4. The topological polar surface area (TPSA) is 146 Å². The number of carbonyl (C=O) groups is 3. The third-order valence-corrected chi connectivity index (χ3v) is 4.53. The van der Waals surface area contributed by atoms with E-state index in [0.29, 0.717) is 0 Å². The first-order chi connectivity index (χ1) is 14.7. The molecule has 2 amide bonds. The Morgan fingerprint density at radius 1 is 1.16 bits per heavy atom. The Bertz CT molecular complexity index is 1300. The Morgan fingerprint density at radius 2 is 1.90 bits per heavy atom. The number of amides is 2. The number of hydrogen-bond acceptors (Lipinski definition) is 7. The van der Waals surface area contributed by atoms with Crippen LogP contribution in [0.5, 0.6) is 0 Å². The van der Waals surface area contributed by atoms with Gasteiger partial charge in [-0.3, -0.25) is 23.7 Å². The molecule has 3 aromatic rings. The Morgan fingerprint density at radius 3 is 2.61 bits per heavy atom. The second-order valence-corrected chi connectivity index (χ2v) is 6.65. The van der Waals surface area contributed by atoms with Crippen LogP contribution in [0, 0.1) is 0 Å². The Labute approximate surface area is 175 Å². The predicted molar refractivity (Wildman–Crippen MR) is 110 cm³/mol. The van der Waals surface area contributed by atoms with Crippen LogP contribution in [0.3, 0.4) is 0 Å². The number of imidazole rings is 1. The van der Waals surface area contributed by atoms with Gasteiger partial charge in [0, 0.05) is 25.3 Å². The van der Waals surface area contributed by atoms with Crippen LogP contribution in [0.4, 0.5) is 5.69 Å². The van der Waals surface area contributed by atoms with Gasteiger partial charge in [-0.2, -0.15) is 0 Å². The highest BCUT2D eigenvalue weighted by Crippen LogP contribution is 2.11. The van der Waals surface area contributed by atoms with Crippen molar-refractivity contribution >= 4 is 34.6 Å². The van der Waals surface area contributed by atoms with Crippen LogP contribution >= 0.6 is 0 Å². The fraction of sp³-hybridized carbons (Fsp3) is 0.263. The van der Waals surface area contributed by atoms with Crippen LogP contribution in [-0.2, 0) is 35.0 Å². The summed E-state index contributed by atoms with van der Waals surface area (Å²) in [7, 11) is 4.28. The maximum Gasteiger partial charge on any atom is 0.332 e. The zero-order valence-corrected chi connectivity index (χ0v) is 17.0. The molecule has 0 saturated carbocycles. The molecule has 1 aromatic carbocycles. The lowest BCUT2D eigenvalue weighted by Crippen LogP contribution is -2.42. The number of benzene rings is 1. The normalized spacial score (nSPS) is 10.7. The van der Waals surface area contributed by atoms with Gasteiger partial charge in [-0.25, -0.2) is 14.3 Å². The van der Waals surface area contributed by atoms with Gasteiger partial charge in [-0.05, 0) is 18.2 Å². The molecule has 0 unspecified atom stereocenters. The second kappa shape index (κ2) is 8.65. The fourth-order valence-electron chi connectivity index (χ4n) is 2.94. The van der Waals surface area contributed by atoms with E-state index >= 15 is 0 Å². The molecule has 12 heteroatoms. The van der Waals surface area contributed by atoms with E-state index in [2.05, 4.69) is 20.4 Å². The molecule has 2 N–H and O–H groups in total. The maximum absolute atomic E-state index is 12.7. The molecule has 0 bridgehead atoms. The molecule has 3 rings (SSSR count). The van der Waals surface area contributed by atoms with E-state index in [4.69, 9.17) is 0 Å². The average Bonchev–Trinajstić information content (AvgIpc) is 3.15. The molecule has 0 atom stereocenters. The van der Waals surface area contributed by atoms with Crippen LogP contribution in [-0.4, -0.2) is 50.1 Å². The monoisotopic (exact) mass is 428 g/mol. The summed E-state index contributed by atoms with van der Waals surface area (Å²) in [5.74, 6) is -1.77. The summed E-state index contributed by atoms with van der Waals surface area (Å²) >= 11 is 0. The number of aromatic nitrogens is 4. The van der Waals surface area contributed by atoms with Gasteiger partial charge in [0.15, 0.2) is 11.2 Å². The first kappa shape index (κ1) is 21.5. The number of esters is 1. The minimum absolute atomic E-state index is 0.194. The van der Waals surface area contributed by atoms with Gasteiger partial charge in [-0.1, -0.05) is 6.07 Å². The molecule has 12 nitrogen and oxygen atoms in total. The predicted octanol–water partition coefficient (Wildman–Crippen LogP) is -1.02. The van der Waals surface area contributed by atoms with Gasteiger partial charge >= 0.3 is 11.7 Å². The molecular formula is C19H20N6O6. The van der Waals surface area contributed by atoms with E-state index in [1.54, 1.807) is 13.1 Å². The van der Waals surface area contributed by atoms with E-state index in [-0.39, 0.29) is 29.0 Å². The SMILES string of the molecule is COC(=O)CNC(=O)c1cccc(NC(=O)Cn2c(=O)c3c(ncn3C)n(C)c2=O)c1. The number of anilines is 1. The summed E-state index contributed by atoms with van der Waals surface area (Å²) in [5, 5.41) is 4.94. The zero-order valence-electron chi connectivity index (χ0n) is 17.0. The van der Waals surface area contributed by atoms with E-state index in [1.807, 2.05) is 0 Å². The van der Waals surface area contributed by atoms with Crippen molar-refractivity contribution in [2.24, 2.45) is 14.1 Å². The molecule has 0 radical (unpaired) electrons. The van der Waals surface area contributed by atoms with Crippen molar-refractivity contribution in [2.75, 3.05) is 19.0 Å². The lowest BCUT2D eigenvalue weighted by Gasteiger charge is -2.10. The van der Waals surface area contributed by atoms with E-state index < -0.39 is 35.6 Å². The number of fused-ring (bicyclic) bond motifs is 1. The van der Waals surface area contributed by atoms with Gasteiger partial charge in [0.1, 0.15) is 13.1 Å². The molecule has 2 aromatic heterocycles. The first-order valence-corrected chi connectivity index (χ1v) is 9.08. The van der Waals surface area contributed by atoms with Crippen molar-refractivity contribution < 1.29 is 19.1 Å². The number of carbonyl (C=O) groups excluding carboxylic acids is 3. The molecular weight excluding hydrogens is 408 g/mol. The summed E-state index contributed by atoms with van der Waals surface area (Å²) in [6, 6.07) is 5.98. The number of methoxy groups -OCH3 is 1. The number of rotatable bonds is 6. The van der Waals surface area contributed by atoms with E-state index in [1.165, 1.54) is 47.8 Å². The van der Waals surface area contributed by atoms with E-state index in [9.17, 15) is 24.0 Å². The van der Waals surface area contributed by atoms with Crippen LogP contribution in [0.2, 0.25) is 0 Å². The number of hydrogen-bond donors (Lipinski definition) is 2. The van der Waals surface area contributed by atoms with Gasteiger partial charge in [0.2, 0.25) is 5.91 Å². The highest BCUT2D eigenvalue weighted by atomic mass is 16.5. The molecule has 0 spiro atoms. The molecule has 162 valence electrons. The smallest absolute Gasteiger partial charge is 0.332 e. The Hall–Kier alpha value is -4.22. The average molecular weight is 428 g/mol. The van der Waals surface area contributed by atoms with Crippen LogP contribution < -0.4 is 21.9 Å². The molecule has 0 aliphatic carbocycles. The highest BCUT2D eigenvalue weighted by molar-refractivity contribution is 5.98. The van der Waals surface area contributed by atoms with Gasteiger partial charge < -0.3 is 19.9 Å². The van der Waals surface area contributed by atoms with Crippen molar-refractivity contribution in [3.05, 3.63) is 57.0 Å². The fourth-order valence-corrected chi connectivity index (χ4v) is 2.94. The summed E-state index contributed by atoms with van der Waals surface area (Å²) in [5.41, 5.74) is -0.418. The number of aryl methyl sites for hydroxylation is 2. The highest BCUT2D eigenvalue weighted by Gasteiger charge is 2.17. The maximum atomic E-state index is 12.7. The van der Waals surface area contributed by atoms with Gasteiger partial charge in [-0.15, -0.1) is 0 Å². The third-order valence-electron chi connectivity index (χ3n) is 4.53. The van der Waals surface area contributed by atoms with Crippen molar-refractivity contribution in [1.82, 2.24) is 24.0 Å². The summed E-state index contributed by atoms with van der Waals surface area (Å²) in [6.07, 6.45) is 1.41. The minimum atomic E-state index is -0.678. The quantitative estimate of drug-likeness (QED) is 0.478. The van der Waals surface area contributed by atoms with Crippen molar-refractivity contribution in [3.8, 4) is 0 Å². The molecule has 31 heavy (non-hydrogen) atoms. The lowest BCUT2D eigenvalue weighted by molar-refractivity contribution is -0.139. The largest absolute Gasteiger partial charge is 0.468 e. The van der Waals surface area contributed by atoms with Crippen molar-refractivity contribution in [3.63, 3.8) is 0 Å². The van der Waals surface area contributed by atoms with Crippen molar-refractivity contribution in [2.45, 2.75) is 6.54 Å². The van der Waals surface area contributed by atoms with Gasteiger partial charge in [0.25, 0.3) is 11.5 Å². The number of nitrogens with one attached hydrogen (secondary N) is 2. The first-order valence-electron chi connectivity index (χ1n) is 9.08.